The Kier molecular flexibility index (Phi) is 6.57. The van der Waals surface area contributed by atoms with Gasteiger partial charge in [-0.2, -0.15) is 0 Å². The van der Waals surface area contributed by atoms with Gasteiger partial charge in [-0.25, -0.2) is 0 Å². The Balaban J connectivity index is 1.09. The zero-order valence-electron chi connectivity index (χ0n) is 26.8. The van der Waals surface area contributed by atoms with Crippen molar-refractivity contribution in [3.05, 3.63) is 188 Å². The van der Waals surface area contributed by atoms with Crippen molar-refractivity contribution >= 4 is 56.2 Å². The Morgan fingerprint density at radius 2 is 0.714 bits per heavy atom. The third-order valence-corrected chi connectivity index (χ3v) is 12.6. The molecule has 0 aliphatic heterocycles. The zero-order valence-corrected chi connectivity index (χ0v) is 27.7. The van der Waals surface area contributed by atoms with Crippen LogP contribution in [0.25, 0.3) is 76.8 Å². The predicted octanol–water partition coefficient (Wildman–Crippen LogP) is 11.9. The molecule has 0 bridgehead atoms. The van der Waals surface area contributed by atoms with Crippen molar-refractivity contribution in [1.29, 1.82) is 0 Å². The molecule has 0 N–H and O–H groups in total. The summed E-state index contributed by atoms with van der Waals surface area (Å²) in [5, 5.41) is 11.9. The van der Waals surface area contributed by atoms with Crippen molar-refractivity contribution in [2.75, 3.05) is 0 Å². The fourth-order valence-electron chi connectivity index (χ4n) is 7.95. The summed E-state index contributed by atoms with van der Waals surface area (Å²) in [6.07, 6.45) is 0. The van der Waals surface area contributed by atoms with E-state index in [1.807, 2.05) is 0 Å². The van der Waals surface area contributed by atoms with Crippen molar-refractivity contribution in [3.63, 3.8) is 0 Å². The Morgan fingerprint density at radius 3 is 1.35 bits per heavy atom. The van der Waals surface area contributed by atoms with E-state index in [9.17, 15) is 0 Å². The molecule has 10 rings (SSSR count). The normalized spacial score (nSPS) is 11.9. The summed E-state index contributed by atoms with van der Waals surface area (Å²) in [5.74, 6) is 0. The fourth-order valence-corrected chi connectivity index (χ4v) is 10.2. The van der Waals surface area contributed by atoms with Gasteiger partial charge in [0.05, 0.1) is 0 Å². The third kappa shape index (κ3) is 4.56. The Labute approximate surface area is 287 Å². The molecular formula is C48H31P. The summed E-state index contributed by atoms with van der Waals surface area (Å²) < 4.78 is 0. The second kappa shape index (κ2) is 11.4. The average Bonchev–Trinajstić information content (AvgIpc) is 3.48. The number of fused-ring (bicyclic) bond motifs is 5. The first-order valence-electron chi connectivity index (χ1n) is 16.9. The lowest BCUT2D eigenvalue weighted by molar-refractivity contribution is 1.65. The van der Waals surface area contributed by atoms with Crippen molar-refractivity contribution in [2.45, 2.75) is 0 Å². The van der Waals surface area contributed by atoms with E-state index in [1.165, 1.54) is 92.7 Å². The van der Waals surface area contributed by atoms with E-state index in [2.05, 4.69) is 188 Å². The van der Waals surface area contributed by atoms with Crippen LogP contribution in [-0.4, -0.2) is 0 Å². The molecule has 0 fully saturated rings. The van der Waals surface area contributed by atoms with E-state index in [0.717, 1.165) is 0 Å². The SMILES string of the molecule is c1ccc(P(c2ccccc2)c2ccc(-c3ccc(-c4ccc5c6c(cccc46)-c4cc6ccccc6cc4-5)c4ccccc34)cc2)cc1. The minimum atomic E-state index is -0.641. The van der Waals surface area contributed by atoms with Crippen molar-refractivity contribution in [2.24, 2.45) is 0 Å². The van der Waals surface area contributed by atoms with Crippen LogP contribution in [0.3, 0.4) is 0 Å². The summed E-state index contributed by atoms with van der Waals surface area (Å²) in [6, 6.07) is 69.7. The molecule has 0 atom stereocenters. The Hall–Kier alpha value is -5.81. The molecule has 9 aromatic rings. The van der Waals surface area contributed by atoms with Gasteiger partial charge in [-0.3, -0.25) is 0 Å². The highest BCUT2D eigenvalue weighted by Gasteiger charge is 2.24. The van der Waals surface area contributed by atoms with E-state index < -0.39 is 7.92 Å². The molecule has 0 spiro atoms. The average molecular weight is 639 g/mol. The first-order chi connectivity index (χ1) is 24.3. The van der Waals surface area contributed by atoms with Gasteiger partial charge in [0.1, 0.15) is 0 Å². The lowest BCUT2D eigenvalue weighted by atomic mass is 9.89. The molecule has 1 aliphatic carbocycles. The van der Waals surface area contributed by atoms with Gasteiger partial charge in [-0.05, 0) is 113 Å². The van der Waals surface area contributed by atoms with Gasteiger partial charge in [-0.1, -0.05) is 176 Å². The summed E-state index contributed by atoms with van der Waals surface area (Å²) in [7, 11) is -0.641. The molecule has 0 radical (unpaired) electrons. The van der Waals surface area contributed by atoms with Gasteiger partial charge in [0, 0.05) is 0 Å². The first kappa shape index (κ1) is 28.2. The van der Waals surface area contributed by atoms with Crippen molar-refractivity contribution in [3.8, 4) is 44.5 Å². The summed E-state index contributed by atoms with van der Waals surface area (Å²) in [4.78, 5) is 0. The smallest absolute Gasteiger partial charge is 0.00201 e. The monoisotopic (exact) mass is 638 g/mol. The van der Waals surface area contributed by atoms with Gasteiger partial charge < -0.3 is 0 Å². The molecule has 228 valence electrons. The van der Waals surface area contributed by atoms with Gasteiger partial charge in [0.15, 0.2) is 0 Å². The minimum Gasteiger partial charge on any atom is -0.0622 e. The highest BCUT2D eigenvalue weighted by atomic mass is 31.1. The minimum absolute atomic E-state index is 0.641. The van der Waals surface area contributed by atoms with Crippen LogP contribution in [0.2, 0.25) is 0 Å². The predicted molar refractivity (Wildman–Crippen MR) is 213 cm³/mol. The second-order valence-electron chi connectivity index (χ2n) is 12.9. The van der Waals surface area contributed by atoms with Gasteiger partial charge >= 0.3 is 0 Å². The maximum Gasteiger partial charge on any atom is -0.00201 e. The summed E-state index contributed by atoms with van der Waals surface area (Å²) in [5.41, 5.74) is 10.4. The first-order valence-corrected chi connectivity index (χ1v) is 18.3. The van der Waals surface area contributed by atoms with E-state index in [-0.39, 0.29) is 0 Å². The van der Waals surface area contributed by atoms with Gasteiger partial charge in [0.2, 0.25) is 0 Å². The maximum atomic E-state index is 2.37. The van der Waals surface area contributed by atoms with Gasteiger partial charge in [-0.15, -0.1) is 0 Å². The Bertz CT molecular complexity index is 2600. The largest absolute Gasteiger partial charge is 0.0622 e. The number of hydrogen-bond donors (Lipinski definition) is 0. The van der Waals surface area contributed by atoms with Crippen LogP contribution in [0.4, 0.5) is 0 Å². The van der Waals surface area contributed by atoms with Gasteiger partial charge in [0.25, 0.3) is 0 Å². The molecule has 1 aliphatic rings. The van der Waals surface area contributed by atoms with Crippen LogP contribution in [0, 0.1) is 0 Å². The molecule has 0 unspecified atom stereocenters. The molecule has 0 saturated carbocycles. The topological polar surface area (TPSA) is 0 Å². The zero-order chi connectivity index (χ0) is 32.3. The van der Waals surface area contributed by atoms with Crippen molar-refractivity contribution in [1.82, 2.24) is 0 Å². The summed E-state index contributed by atoms with van der Waals surface area (Å²) in [6.45, 7) is 0. The highest BCUT2D eigenvalue weighted by Crippen LogP contribution is 2.51. The van der Waals surface area contributed by atoms with Crippen molar-refractivity contribution < 1.29 is 0 Å². The van der Waals surface area contributed by atoms with Crippen LogP contribution in [0.5, 0.6) is 0 Å². The molecule has 9 aromatic carbocycles. The van der Waals surface area contributed by atoms with Crippen LogP contribution in [0.15, 0.2) is 188 Å². The standard InChI is InChI=1S/C48H31P/c1-3-14-35(15-4-1)49(36-16-5-2-6-17-36)37-24-22-32(23-25-37)38-26-27-41(40-19-10-9-18-39(38)40)42-28-29-45-47-31-34-13-8-7-12-33(34)30-46(47)44-21-11-20-43(42)48(44)45/h1-31H. The Morgan fingerprint density at radius 1 is 0.265 bits per heavy atom. The van der Waals surface area contributed by atoms with E-state index in [4.69, 9.17) is 0 Å². The van der Waals surface area contributed by atoms with E-state index in [1.54, 1.807) is 0 Å². The number of hydrogen-bond acceptors (Lipinski definition) is 0. The fraction of sp³-hybridized carbons (Fsp3) is 0. The quantitative estimate of drug-likeness (QED) is 0.165. The van der Waals surface area contributed by atoms with Crippen LogP contribution in [-0.2, 0) is 0 Å². The second-order valence-corrected chi connectivity index (χ2v) is 15.1. The molecular weight excluding hydrogens is 608 g/mol. The third-order valence-electron chi connectivity index (χ3n) is 10.2. The molecule has 0 nitrogen and oxygen atoms in total. The lowest BCUT2D eigenvalue weighted by Gasteiger charge is -2.20. The molecule has 49 heavy (non-hydrogen) atoms. The van der Waals surface area contributed by atoms with Crippen LogP contribution in [0.1, 0.15) is 0 Å². The lowest BCUT2D eigenvalue weighted by Crippen LogP contribution is -2.20. The maximum absolute atomic E-state index is 2.37. The number of benzene rings is 9. The molecule has 0 saturated heterocycles. The molecule has 1 heteroatoms. The van der Waals surface area contributed by atoms with E-state index in [0.29, 0.717) is 0 Å². The summed E-state index contributed by atoms with van der Waals surface area (Å²) >= 11 is 0. The number of rotatable bonds is 5. The molecule has 0 heterocycles. The highest BCUT2D eigenvalue weighted by molar-refractivity contribution is 7.79. The van der Waals surface area contributed by atoms with Crippen LogP contribution >= 0.6 is 7.92 Å². The van der Waals surface area contributed by atoms with E-state index >= 15 is 0 Å². The molecule has 0 amide bonds. The molecule has 0 aromatic heterocycles. The van der Waals surface area contributed by atoms with Crippen LogP contribution < -0.4 is 15.9 Å².